The number of carbonyl (C=O) groups is 1. The highest BCUT2D eigenvalue weighted by atomic mass is 32.1. The number of aromatic carboxylic acids is 1. The van der Waals surface area contributed by atoms with Gasteiger partial charge in [-0.3, -0.25) is 9.89 Å². The van der Waals surface area contributed by atoms with Gasteiger partial charge in [0.25, 0.3) is 5.56 Å². The van der Waals surface area contributed by atoms with Crippen LogP contribution in [-0.4, -0.2) is 25.8 Å². The van der Waals surface area contributed by atoms with Gasteiger partial charge in [0.2, 0.25) is 5.13 Å². The van der Waals surface area contributed by atoms with Gasteiger partial charge in [0.1, 0.15) is 5.82 Å². The number of hydrogen-bond donors (Lipinski definition) is 2. The van der Waals surface area contributed by atoms with Gasteiger partial charge in [0, 0.05) is 22.6 Å². The molecule has 4 rings (SSSR count). The summed E-state index contributed by atoms with van der Waals surface area (Å²) in [6.45, 7) is 0. The Morgan fingerprint density at radius 3 is 2.63 bits per heavy atom. The van der Waals surface area contributed by atoms with Crippen molar-refractivity contribution in [1.82, 2.24) is 14.8 Å². The standard InChI is InChI=1S/C19H12FN3O3S/c20-14-7-2-1-6-13(14)11-4-3-5-12(8-11)15-9-17(24)23(22-15)19-21-16(10-27-19)18(25)26/h1-10,22H,(H,25,26). The van der Waals surface area contributed by atoms with Crippen molar-refractivity contribution in [2.75, 3.05) is 0 Å². The van der Waals surface area contributed by atoms with E-state index in [1.807, 2.05) is 0 Å². The minimum atomic E-state index is -1.16. The molecule has 2 aromatic heterocycles. The second kappa shape index (κ2) is 6.65. The molecular formula is C19H12FN3O3S. The Labute approximate surface area is 156 Å². The fourth-order valence-electron chi connectivity index (χ4n) is 2.70. The van der Waals surface area contributed by atoms with Crippen LogP contribution in [0.15, 0.2) is 64.8 Å². The molecule has 2 N–H and O–H groups in total. The van der Waals surface area contributed by atoms with Crippen LogP contribution in [0, 0.1) is 5.82 Å². The summed E-state index contributed by atoms with van der Waals surface area (Å²) in [5, 5.41) is 13.5. The summed E-state index contributed by atoms with van der Waals surface area (Å²) in [5.74, 6) is -1.49. The number of halogens is 1. The van der Waals surface area contributed by atoms with E-state index in [1.54, 1.807) is 42.5 Å². The molecule has 0 aliphatic carbocycles. The molecule has 0 unspecified atom stereocenters. The molecule has 0 spiro atoms. The van der Waals surface area contributed by atoms with E-state index in [4.69, 9.17) is 5.11 Å². The summed E-state index contributed by atoms with van der Waals surface area (Å²) in [7, 11) is 0. The lowest BCUT2D eigenvalue weighted by molar-refractivity contribution is 0.0691. The normalized spacial score (nSPS) is 10.9. The highest BCUT2D eigenvalue weighted by Crippen LogP contribution is 2.27. The third kappa shape index (κ3) is 3.18. The molecule has 6 nitrogen and oxygen atoms in total. The van der Waals surface area contributed by atoms with Crippen molar-refractivity contribution < 1.29 is 14.3 Å². The molecule has 2 aromatic carbocycles. The number of rotatable bonds is 4. The zero-order valence-corrected chi connectivity index (χ0v) is 14.5. The van der Waals surface area contributed by atoms with Crippen molar-refractivity contribution in [2.24, 2.45) is 0 Å². The van der Waals surface area contributed by atoms with Gasteiger partial charge in [-0.05, 0) is 17.7 Å². The quantitative estimate of drug-likeness (QED) is 0.563. The van der Waals surface area contributed by atoms with Crippen LogP contribution in [0.5, 0.6) is 0 Å². The lowest BCUT2D eigenvalue weighted by atomic mass is 10.0. The highest BCUT2D eigenvalue weighted by Gasteiger charge is 2.14. The first kappa shape index (κ1) is 16.9. The second-order valence-corrected chi connectivity index (χ2v) is 6.56. The third-order valence-electron chi connectivity index (χ3n) is 3.98. The first-order chi connectivity index (χ1) is 13.0. The lowest BCUT2D eigenvalue weighted by Gasteiger charge is -2.05. The summed E-state index contributed by atoms with van der Waals surface area (Å²) in [5.41, 5.74) is 1.87. The number of H-pyrrole nitrogens is 1. The number of aromatic amines is 1. The van der Waals surface area contributed by atoms with E-state index in [0.717, 1.165) is 11.3 Å². The Bertz CT molecular complexity index is 1210. The number of nitrogens with zero attached hydrogens (tertiary/aromatic N) is 2. The maximum Gasteiger partial charge on any atom is 0.355 e. The van der Waals surface area contributed by atoms with E-state index in [-0.39, 0.29) is 22.2 Å². The second-order valence-electron chi connectivity index (χ2n) is 5.72. The molecule has 27 heavy (non-hydrogen) atoms. The summed E-state index contributed by atoms with van der Waals surface area (Å²) in [6.07, 6.45) is 0. The summed E-state index contributed by atoms with van der Waals surface area (Å²) < 4.78 is 15.2. The van der Waals surface area contributed by atoms with Gasteiger partial charge >= 0.3 is 5.97 Å². The van der Waals surface area contributed by atoms with Crippen molar-refractivity contribution in [3.63, 3.8) is 0 Å². The van der Waals surface area contributed by atoms with Crippen LogP contribution in [0.2, 0.25) is 0 Å². The van der Waals surface area contributed by atoms with Gasteiger partial charge in [-0.25, -0.2) is 14.2 Å². The van der Waals surface area contributed by atoms with E-state index >= 15 is 0 Å². The molecular weight excluding hydrogens is 369 g/mol. The molecule has 134 valence electrons. The van der Waals surface area contributed by atoms with Crippen LogP contribution < -0.4 is 5.56 Å². The zero-order chi connectivity index (χ0) is 19.0. The monoisotopic (exact) mass is 381 g/mol. The molecule has 0 aliphatic heterocycles. The van der Waals surface area contributed by atoms with Gasteiger partial charge in [0.05, 0.1) is 5.69 Å². The van der Waals surface area contributed by atoms with Crippen LogP contribution in [0.3, 0.4) is 0 Å². The lowest BCUT2D eigenvalue weighted by Crippen LogP contribution is -2.13. The average molecular weight is 381 g/mol. The number of carboxylic acids is 1. The SMILES string of the molecule is O=C(O)c1csc(-n2[nH]c(-c3cccc(-c4ccccc4F)c3)cc2=O)n1. The van der Waals surface area contributed by atoms with E-state index in [1.165, 1.54) is 22.2 Å². The number of nitrogens with one attached hydrogen (secondary N) is 1. The minimum Gasteiger partial charge on any atom is -0.476 e. The Kier molecular flexibility index (Phi) is 4.17. The molecule has 0 aliphatic rings. The van der Waals surface area contributed by atoms with Gasteiger partial charge in [0.15, 0.2) is 5.69 Å². The molecule has 0 amide bonds. The van der Waals surface area contributed by atoms with Gasteiger partial charge in [-0.2, -0.15) is 4.68 Å². The van der Waals surface area contributed by atoms with Gasteiger partial charge < -0.3 is 5.11 Å². The van der Waals surface area contributed by atoms with Crippen LogP contribution >= 0.6 is 11.3 Å². The number of benzene rings is 2. The third-order valence-corrected chi connectivity index (χ3v) is 4.81. The average Bonchev–Trinajstić information content (AvgIpc) is 3.29. The molecule has 8 heteroatoms. The van der Waals surface area contributed by atoms with E-state index in [2.05, 4.69) is 10.1 Å². The van der Waals surface area contributed by atoms with Crippen molar-refractivity contribution in [2.45, 2.75) is 0 Å². The van der Waals surface area contributed by atoms with Crippen LogP contribution in [0.4, 0.5) is 4.39 Å². The molecule has 0 atom stereocenters. The number of thiazole rings is 1. The zero-order valence-electron chi connectivity index (χ0n) is 13.7. The number of aromatic nitrogens is 3. The van der Waals surface area contributed by atoms with E-state index < -0.39 is 5.97 Å². The molecule has 0 bridgehead atoms. The first-order valence-corrected chi connectivity index (χ1v) is 8.77. The van der Waals surface area contributed by atoms with Crippen LogP contribution in [0.1, 0.15) is 10.5 Å². The molecule has 4 aromatic rings. The summed E-state index contributed by atoms with van der Waals surface area (Å²) >= 11 is 1.05. The summed E-state index contributed by atoms with van der Waals surface area (Å²) in [4.78, 5) is 27.2. The van der Waals surface area contributed by atoms with Gasteiger partial charge in [-0.1, -0.05) is 36.4 Å². The topological polar surface area (TPSA) is 88.0 Å². The molecule has 0 saturated carbocycles. The predicted octanol–water partition coefficient (Wildman–Crippen LogP) is 3.79. The van der Waals surface area contributed by atoms with Gasteiger partial charge in [-0.15, -0.1) is 11.3 Å². The molecule has 0 radical (unpaired) electrons. The molecule has 2 heterocycles. The predicted molar refractivity (Wildman–Crippen MR) is 99.9 cm³/mol. The maximum atomic E-state index is 14.0. The molecule has 0 fully saturated rings. The Morgan fingerprint density at radius 2 is 1.89 bits per heavy atom. The van der Waals surface area contributed by atoms with Crippen molar-refractivity contribution in [3.8, 4) is 27.5 Å². The molecule has 0 saturated heterocycles. The largest absolute Gasteiger partial charge is 0.476 e. The van der Waals surface area contributed by atoms with E-state index in [9.17, 15) is 14.0 Å². The highest BCUT2D eigenvalue weighted by molar-refractivity contribution is 7.12. The first-order valence-electron chi connectivity index (χ1n) is 7.89. The van der Waals surface area contributed by atoms with Crippen molar-refractivity contribution in [1.29, 1.82) is 0 Å². The Hall–Kier alpha value is -3.52. The van der Waals surface area contributed by atoms with Crippen molar-refractivity contribution in [3.05, 3.63) is 81.8 Å². The fourth-order valence-corrected chi connectivity index (χ4v) is 3.46. The fraction of sp³-hybridized carbons (Fsp3) is 0. The number of hydrogen-bond acceptors (Lipinski definition) is 4. The van der Waals surface area contributed by atoms with Crippen LogP contribution in [0.25, 0.3) is 27.5 Å². The summed E-state index contributed by atoms with van der Waals surface area (Å²) in [6, 6.07) is 15.0. The Balaban J connectivity index is 1.75. The number of carboxylic acid groups (broad SMARTS) is 1. The van der Waals surface area contributed by atoms with Crippen molar-refractivity contribution >= 4 is 17.3 Å². The van der Waals surface area contributed by atoms with E-state index in [0.29, 0.717) is 22.4 Å². The maximum absolute atomic E-state index is 14.0. The van der Waals surface area contributed by atoms with Crippen LogP contribution in [-0.2, 0) is 0 Å². The Morgan fingerprint density at radius 1 is 1.11 bits per heavy atom. The smallest absolute Gasteiger partial charge is 0.355 e. The minimum absolute atomic E-state index is 0.125.